The second-order valence-electron chi connectivity index (χ2n) is 3.07. The predicted octanol–water partition coefficient (Wildman–Crippen LogP) is -0.958. The van der Waals surface area contributed by atoms with Gasteiger partial charge in [0.1, 0.15) is 4.90 Å². The molecule has 0 spiro atoms. The van der Waals surface area contributed by atoms with Crippen LogP contribution in [-0.2, 0) is 17.1 Å². The molecule has 0 bridgehead atoms. The van der Waals surface area contributed by atoms with Gasteiger partial charge in [-0.2, -0.15) is 9.90 Å². The molecular formula is C6H9N7O2S. The van der Waals surface area contributed by atoms with Gasteiger partial charge in [-0.25, -0.2) is 13.1 Å². The first kappa shape index (κ1) is 10.5. The number of aromatic nitrogens is 6. The van der Waals surface area contributed by atoms with E-state index in [4.69, 9.17) is 0 Å². The van der Waals surface area contributed by atoms with E-state index in [-0.39, 0.29) is 10.8 Å². The van der Waals surface area contributed by atoms with Gasteiger partial charge in [-0.05, 0) is 12.1 Å². The largest absolute Gasteiger partial charge is 0.281 e. The molecule has 0 aliphatic carbocycles. The summed E-state index contributed by atoms with van der Waals surface area (Å²) in [5.41, 5.74) is 0.441. The zero-order chi connectivity index (χ0) is 11.8. The average molecular weight is 243 g/mol. The molecule has 0 fully saturated rings. The van der Waals surface area contributed by atoms with Gasteiger partial charge in [0, 0.05) is 0 Å². The van der Waals surface area contributed by atoms with E-state index >= 15 is 0 Å². The highest BCUT2D eigenvalue weighted by Crippen LogP contribution is 2.13. The Kier molecular flexibility index (Phi) is 2.34. The number of hydrogen-bond acceptors (Lipinski definition) is 6. The summed E-state index contributed by atoms with van der Waals surface area (Å²) in [5, 5.41) is 16.9. The van der Waals surface area contributed by atoms with Crippen LogP contribution in [0.2, 0.25) is 0 Å². The maximum atomic E-state index is 11.8. The highest BCUT2D eigenvalue weighted by atomic mass is 32.2. The molecule has 2 N–H and O–H groups in total. The van der Waals surface area contributed by atoms with E-state index in [0.29, 0.717) is 5.69 Å². The molecule has 16 heavy (non-hydrogen) atoms. The van der Waals surface area contributed by atoms with Gasteiger partial charge in [-0.1, -0.05) is 5.10 Å². The topological polar surface area (TPSA) is 118 Å². The summed E-state index contributed by atoms with van der Waals surface area (Å²) < 4.78 is 25.8. The average Bonchev–Trinajstić information content (AvgIpc) is 2.74. The number of aryl methyl sites for hydroxylation is 2. The lowest BCUT2D eigenvalue weighted by atomic mass is 10.5. The second kappa shape index (κ2) is 3.56. The summed E-state index contributed by atoms with van der Waals surface area (Å²) in [6.45, 7) is 1.60. The van der Waals surface area contributed by atoms with E-state index in [1.165, 1.54) is 13.2 Å². The van der Waals surface area contributed by atoms with Crippen LogP contribution in [-0.4, -0.2) is 38.8 Å². The van der Waals surface area contributed by atoms with Crippen LogP contribution in [0.1, 0.15) is 5.69 Å². The predicted molar refractivity (Wildman–Crippen MR) is 52.9 cm³/mol. The van der Waals surface area contributed by atoms with Crippen LogP contribution < -0.4 is 4.72 Å². The Morgan fingerprint density at radius 3 is 2.75 bits per heavy atom. The Labute approximate surface area is 90.9 Å². The quantitative estimate of drug-likeness (QED) is 0.716. The number of nitrogens with zero attached hydrogens (tertiary/aromatic N) is 5. The third kappa shape index (κ3) is 1.86. The molecule has 10 heteroatoms. The number of aromatic amines is 1. The monoisotopic (exact) mass is 243 g/mol. The molecule has 2 aromatic rings. The van der Waals surface area contributed by atoms with Crippen molar-refractivity contribution in [3.63, 3.8) is 0 Å². The van der Waals surface area contributed by atoms with Crippen LogP contribution in [0.3, 0.4) is 0 Å². The number of hydrogen-bond donors (Lipinski definition) is 2. The van der Waals surface area contributed by atoms with Crippen LogP contribution >= 0.6 is 0 Å². The minimum Gasteiger partial charge on any atom is -0.281 e. The van der Waals surface area contributed by atoms with Gasteiger partial charge in [0.25, 0.3) is 16.0 Å². The Morgan fingerprint density at radius 1 is 1.50 bits per heavy atom. The molecule has 2 rings (SSSR count). The Hall–Kier alpha value is -1.97. The standard InChI is InChI=1S/C6H9N7O2S/c1-4-5(3-7-8-4)16(14,15)11-6-9-12-13(2)10-6/h3H,1-2H3,(H,7,8)(H,10,11). The number of nitrogens with one attached hydrogen (secondary N) is 2. The molecule has 2 aromatic heterocycles. The fourth-order valence-corrected chi connectivity index (χ4v) is 2.18. The van der Waals surface area contributed by atoms with E-state index in [9.17, 15) is 8.42 Å². The summed E-state index contributed by atoms with van der Waals surface area (Å²) in [6.07, 6.45) is 1.22. The van der Waals surface area contributed by atoms with E-state index in [1.807, 2.05) is 0 Å². The highest BCUT2D eigenvalue weighted by molar-refractivity contribution is 7.92. The SMILES string of the molecule is Cc1[nH]ncc1S(=O)(=O)Nc1nnn(C)n1. The number of tetrazole rings is 1. The fourth-order valence-electron chi connectivity index (χ4n) is 1.11. The molecule has 9 nitrogen and oxygen atoms in total. The van der Waals surface area contributed by atoms with Gasteiger partial charge in [0.2, 0.25) is 0 Å². The smallest absolute Gasteiger partial charge is 0.277 e. The van der Waals surface area contributed by atoms with Crippen LogP contribution in [0, 0.1) is 6.92 Å². The molecule has 0 radical (unpaired) electrons. The lowest BCUT2D eigenvalue weighted by Crippen LogP contribution is -2.14. The highest BCUT2D eigenvalue weighted by Gasteiger charge is 2.20. The molecule has 0 amide bonds. The fraction of sp³-hybridized carbons (Fsp3) is 0.333. The molecule has 0 aliphatic rings. The summed E-state index contributed by atoms with van der Waals surface area (Å²) in [6, 6.07) is 0. The third-order valence-corrected chi connectivity index (χ3v) is 3.25. The van der Waals surface area contributed by atoms with Crippen LogP contribution in [0.25, 0.3) is 0 Å². The Bertz CT molecular complexity index is 598. The van der Waals surface area contributed by atoms with Crippen LogP contribution in [0.5, 0.6) is 0 Å². The molecule has 0 saturated carbocycles. The normalized spacial score (nSPS) is 11.6. The van der Waals surface area contributed by atoms with Crippen molar-refractivity contribution in [1.82, 2.24) is 30.4 Å². The van der Waals surface area contributed by atoms with Gasteiger partial charge in [0.15, 0.2) is 0 Å². The minimum atomic E-state index is -3.71. The molecular weight excluding hydrogens is 234 g/mol. The number of anilines is 1. The van der Waals surface area contributed by atoms with Crippen molar-refractivity contribution in [2.24, 2.45) is 7.05 Å². The molecule has 0 aliphatic heterocycles. The van der Waals surface area contributed by atoms with E-state index in [1.54, 1.807) is 6.92 Å². The van der Waals surface area contributed by atoms with E-state index in [2.05, 4.69) is 30.3 Å². The van der Waals surface area contributed by atoms with Crippen LogP contribution in [0.15, 0.2) is 11.1 Å². The van der Waals surface area contributed by atoms with Gasteiger partial charge in [-0.15, -0.1) is 5.10 Å². The van der Waals surface area contributed by atoms with Gasteiger partial charge in [-0.3, -0.25) is 5.10 Å². The molecule has 86 valence electrons. The summed E-state index contributed by atoms with van der Waals surface area (Å²) in [4.78, 5) is 1.21. The molecule has 0 unspecified atom stereocenters. The summed E-state index contributed by atoms with van der Waals surface area (Å²) in [5.74, 6) is -0.0805. The lowest BCUT2D eigenvalue weighted by Gasteiger charge is -2.01. The van der Waals surface area contributed by atoms with Gasteiger partial charge < -0.3 is 0 Å². The molecule has 2 heterocycles. The van der Waals surface area contributed by atoms with Crippen molar-refractivity contribution in [3.05, 3.63) is 11.9 Å². The van der Waals surface area contributed by atoms with Crippen molar-refractivity contribution >= 4 is 16.0 Å². The maximum absolute atomic E-state index is 11.8. The van der Waals surface area contributed by atoms with E-state index in [0.717, 1.165) is 4.80 Å². The number of sulfonamides is 1. The first-order valence-corrected chi connectivity index (χ1v) is 5.74. The van der Waals surface area contributed by atoms with Crippen LogP contribution in [0.4, 0.5) is 5.95 Å². The number of rotatable bonds is 3. The Balaban J connectivity index is 2.31. The first-order valence-electron chi connectivity index (χ1n) is 4.26. The third-order valence-electron chi connectivity index (χ3n) is 1.81. The van der Waals surface area contributed by atoms with Gasteiger partial charge in [0.05, 0.1) is 18.9 Å². The Morgan fingerprint density at radius 2 is 2.25 bits per heavy atom. The minimum absolute atomic E-state index is 0.0555. The molecule has 0 aromatic carbocycles. The van der Waals surface area contributed by atoms with Gasteiger partial charge >= 0.3 is 0 Å². The zero-order valence-corrected chi connectivity index (χ0v) is 9.35. The van der Waals surface area contributed by atoms with Crippen molar-refractivity contribution in [2.75, 3.05) is 4.72 Å². The van der Waals surface area contributed by atoms with Crippen molar-refractivity contribution < 1.29 is 8.42 Å². The van der Waals surface area contributed by atoms with Crippen molar-refractivity contribution in [3.8, 4) is 0 Å². The van der Waals surface area contributed by atoms with Crippen molar-refractivity contribution in [1.29, 1.82) is 0 Å². The van der Waals surface area contributed by atoms with E-state index < -0.39 is 10.0 Å². The number of H-pyrrole nitrogens is 1. The first-order chi connectivity index (χ1) is 7.49. The maximum Gasteiger partial charge on any atom is 0.277 e. The molecule has 0 atom stereocenters. The summed E-state index contributed by atoms with van der Waals surface area (Å²) in [7, 11) is -2.17. The molecule has 0 saturated heterocycles. The zero-order valence-electron chi connectivity index (χ0n) is 8.54. The van der Waals surface area contributed by atoms with Crippen molar-refractivity contribution in [2.45, 2.75) is 11.8 Å². The second-order valence-corrected chi connectivity index (χ2v) is 4.72. The summed E-state index contributed by atoms with van der Waals surface area (Å²) >= 11 is 0. The lowest BCUT2D eigenvalue weighted by molar-refractivity contribution is 0.600.